The third-order valence-corrected chi connectivity index (χ3v) is 3.64. The Kier molecular flexibility index (Phi) is 1.62. The minimum atomic E-state index is 0.721. The van der Waals surface area contributed by atoms with Crippen molar-refractivity contribution in [2.75, 3.05) is 0 Å². The number of hydrogen-bond acceptors (Lipinski definition) is 3. The zero-order chi connectivity index (χ0) is 11.4. The first-order chi connectivity index (χ1) is 8.36. The lowest BCUT2D eigenvalue weighted by molar-refractivity contribution is 0.670. The average Bonchev–Trinajstić information content (AvgIpc) is 2.99. The first-order valence-corrected chi connectivity index (χ1v) is 5.92. The topological polar surface area (TPSA) is 43.6 Å². The van der Waals surface area contributed by atoms with Crippen LogP contribution in [0.1, 0.15) is 35.4 Å². The molecule has 4 nitrogen and oxygen atoms in total. The van der Waals surface area contributed by atoms with E-state index in [1.54, 1.807) is 0 Å². The van der Waals surface area contributed by atoms with Crippen LogP contribution in [0.3, 0.4) is 0 Å². The fraction of sp³-hybridized carbons (Fsp3) is 0.308. The lowest BCUT2D eigenvalue weighted by Gasteiger charge is -2.07. The smallest absolute Gasteiger partial charge is 0.182 e. The van der Waals surface area contributed by atoms with Gasteiger partial charge >= 0.3 is 0 Å². The molecule has 84 valence electrons. The highest BCUT2D eigenvalue weighted by atomic mass is 15.5. The second kappa shape index (κ2) is 3.03. The lowest BCUT2D eigenvalue weighted by atomic mass is 9.96. The molecule has 1 aromatic carbocycles. The highest BCUT2D eigenvalue weighted by Gasteiger charge is 2.29. The molecular weight excluding hydrogens is 212 g/mol. The molecule has 1 aliphatic carbocycles. The van der Waals surface area contributed by atoms with Crippen molar-refractivity contribution in [3.8, 4) is 11.4 Å². The standard InChI is InChI=1S/C13H12N4/c1-2-8-5-10-7-17-13(14-15-16-17)12(10)6-11(8)9-3-4-9/h2,5-6,9H,1,3-4,7H2. The Hall–Kier alpha value is -1.97. The minimum Gasteiger partial charge on any atom is -0.221 e. The van der Waals surface area contributed by atoms with Crippen LogP contribution in [0.25, 0.3) is 17.5 Å². The Balaban J connectivity index is 1.95. The van der Waals surface area contributed by atoms with E-state index in [2.05, 4.69) is 34.2 Å². The molecule has 2 aromatic rings. The predicted molar refractivity (Wildman–Crippen MR) is 64.4 cm³/mol. The minimum absolute atomic E-state index is 0.721. The summed E-state index contributed by atoms with van der Waals surface area (Å²) in [6.45, 7) is 4.69. The van der Waals surface area contributed by atoms with Crippen LogP contribution < -0.4 is 0 Å². The summed E-state index contributed by atoms with van der Waals surface area (Å²) in [5.41, 5.74) is 5.16. The molecule has 0 bridgehead atoms. The van der Waals surface area contributed by atoms with E-state index in [0.29, 0.717) is 0 Å². The van der Waals surface area contributed by atoms with E-state index in [1.807, 2.05) is 10.8 Å². The molecule has 4 rings (SSSR count). The van der Waals surface area contributed by atoms with E-state index in [0.717, 1.165) is 18.3 Å². The number of tetrazole rings is 1. The Morgan fingerprint density at radius 3 is 3.00 bits per heavy atom. The maximum Gasteiger partial charge on any atom is 0.182 e. The van der Waals surface area contributed by atoms with Crippen molar-refractivity contribution in [2.45, 2.75) is 25.3 Å². The second-order valence-corrected chi connectivity index (χ2v) is 4.78. The summed E-state index contributed by atoms with van der Waals surface area (Å²) >= 11 is 0. The van der Waals surface area contributed by atoms with Crippen molar-refractivity contribution in [3.63, 3.8) is 0 Å². The van der Waals surface area contributed by atoms with Crippen molar-refractivity contribution >= 4 is 6.08 Å². The van der Waals surface area contributed by atoms with Crippen LogP contribution in [-0.4, -0.2) is 20.2 Å². The molecule has 1 aromatic heterocycles. The van der Waals surface area contributed by atoms with Gasteiger partial charge in [-0.2, -0.15) is 0 Å². The van der Waals surface area contributed by atoms with Gasteiger partial charge in [-0.3, -0.25) is 0 Å². The van der Waals surface area contributed by atoms with Crippen LogP contribution in [0.4, 0.5) is 0 Å². The number of rotatable bonds is 2. The number of aromatic nitrogens is 4. The molecule has 0 N–H and O–H groups in total. The highest BCUT2D eigenvalue weighted by molar-refractivity contribution is 5.70. The van der Waals surface area contributed by atoms with Gasteiger partial charge in [-0.1, -0.05) is 12.7 Å². The molecular formula is C13H12N4. The monoisotopic (exact) mass is 224 g/mol. The van der Waals surface area contributed by atoms with Crippen LogP contribution in [0.2, 0.25) is 0 Å². The number of fused-ring (bicyclic) bond motifs is 3. The molecule has 0 saturated heterocycles. The average molecular weight is 224 g/mol. The quantitative estimate of drug-likeness (QED) is 0.670. The first kappa shape index (κ1) is 9.10. The van der Waals surface area contributed by atoms with Gasteiger partial charge in [0.15, 0.2) is 5.82 Å². The highest BCUT2D eigenvalue weighted by Crippen LogP contribution is 2.44. The van der Waals surface area contributed by atoms with E-state index < -0.39 is 0 Å². The van der Waals surface area contributed by atoms with Gasteiger partial charge < -0.3 is 0 Å². The Morgan fingerprint density at radius 2 is 2.24 bits per heavy atom. The Bertz CT molecular complexity index is 622. The summed E-state index contributed by atoms with van der Waals surface area (Å²) in [5.74, 6) is 1.62. The molecule has 1 saturated carbocycles. The van der Waals surface area contributed by atoms with Crippen LogP contribution >= 0.6 is 0 Å². The van der Waals surface area contributed by atoms with E-state index in [-0.39, 0.29) is 0 Å². The van der Waals surface area contributed by atoms with Crippen LogP contribution in [0.5, 0.6) is 0 Å². The maximum atomic E-state index is 4.09. The lowest BCUT2D eigenvalue weighted by Crippen LogP contribution is -1.96. The fourth-order valence-corrected chi connectivity index (χ4v) is 2.61. The van der Waals surface area contributed by atoms with Crippen LogP contribution in [-0.2, 0) is 6.54 Å². The molecule has 4 heteroatoms. The summed E-state index contributed by atoms with van der Waals surface area (Å²) in [7, 11) is 0. The largest absolute Gasteiger partial charge is 0.221 e. The molecule has 0 atom stereocenters. The summed E-state index contributed by atoms with van der Waals surface area (Å²) < 4.78 is 1.86. The zero-order valence-electron chi connectivity index (χ0n) is 9.43. The van der Waals surface area contributed by atoms with Crippen molar-refractivity contribution in [2.24, 2.45) is 0 Å². The molecule has 2 heterocycles. The third-order valence-electron chi connectivity index (χ3n) is 3.64. The van der Waals surface area contributed by atoms with E-state index >= 15 is 0 Å². The summed E-state index contributed by atoms with van der Waals surface area (Å²) in [6, 6.07) is 4.49. The molecule has 17 heavy (non-hydrogen) atoms. The van der Waals surface area contributed by atoms with Gasteiger partial charge in [0, 0.05) is 5.56 Å². The van der Waals surface area contributed by atoms with Gasteiger partial charge in [-0.15, -0.1) is 5.10 Å². The molecule has 0 spiro atoms. The third kappa shape index (κ3) is 1.21. The fourth-order valence-electron chi connectivity index (χ4n) is 2.61. The molecule has 1 fully saturated rings. The van der Waals surface area contributed by atoms with Gasteiger partial charge in [-0.05, 0) is 58.0 Å². The predicted octanol–water partition coefficient (Wildman–Crippen LogP) is 2.22. The SMILES string of the molecule is C=Cc1cc2c(cc1C1CC1)-c1nnnn1C2. The van der Waals surface area contributed by atoms with Gasteiger partial charge in [0.05, 0.1) is 6.54 Å². The summed E-state index contributed by atoms with van der Waals surface area (Å²) in [6.07, 6.45) is 4.55. The first-order valence-electron chi connectivity index (χ1n) is 5.92. The normalized spacial score (nSPS) is 16.7. The molecule has 0 unspecified atom stereocenters. The summed E-state index contributed by atoms with van der Waals surface area (Å²) in [4.78, 5) is 0. The second-order valence-electron chi connectivity index (χ2n) is 4.78. The number of nitrogens with zero attached hydrogens (tertiary/aromatic N) is 4. The van der Waals surface area contributed by atoms with E-state index in [1.165, 1.54) is 35.1 Å². The van der Waals surface area contributed by atoms with Crippen LogP contribution in [0, 0.1) is 0 Å². The van der Waals surface area contributed by atoms with Gasteiger partial charge in [0.2, 0.25) is 0 Å². The Morgan fingerprint density at radius 1 is 1.35 bits per heavy atom. The van der Waals surface area contributed by atoms with E-state index in [4.69, 9.17) is 0 Å². The molecule has 1 aliphatic heterocycles. The van der Waals surface area contributed by atoms with Crippen molar-refractivity contribution in [1.29, 1.82) is 0 Å². The molecule has 0 radical (unpaired) electrons. The summed E-state index contributed by atoms with van der Waals surface area (Å²) in [5, 5.41) is 11.8. The molecule has 0 amide bonds. The van der Waals surface area contributed by atoms with Gasteiger partial charge in [0.1, 0.15) is 0 Å². The van der Waals surface area contributed by atoms with Crippen molar-refractivity contribution < 1.29 is 0 Å². The van der Waals surface area contributed by atoms with Gasteiger partial charge in [-0.25, -0.2) is 4.68 Å². The zero-order valence-corrected chi connectivity index (χ0v) is 9.43. The van der Waals surface area contributed by atoms with Crippen molar-refractivity contribution in [1.82, 2.24) is 20.2 Å². The number of hydrogen-bond donors (Lipinski definition) is 0. The van der Waals surface area contributed by atoms with Crippen molar-refractivity contribution in [3.05, 3.63) is 35.4 Å². The maximum absolute atomic E-state index is 4.09. The van der Waals surface area contributed by atoms with Gasteiger partial charge in [0.25, 0.3) is 0 Å². The Labute approximate surface area is 99.0 Å². The number of benzene rings is 1. The van der Waals surface area contributed by atoms with Crippen LogP contribution in [0.15, 0.2) is 18.7 Å². The molecule has 2 aliphatic rings. The van der Waals surface area contributed by atoms with E-state index in [9.17, 15) is 0 Å².